The minimum atomic E-state index is -3.89. The van der Waals surface area contributed by atoms with Gasteiger partial charge >= 0.3 is 0 Å². The highest BCUT2D eigenvalue weighted by Crippen LogP contribution is 2.24. The van der Waals surface area contributed by atoms with Crippen LogP contribution in [0.1, 0.15) is 25.8 Å². The molecule has 0 radical (unpaired) electrons. The summed E-state index contributed by atoms with van der Waals surface area (Å²) in [5, 5.41) is 5.16. The van der Waals surface area contributed by atoms with Crippen molar-refractivity contribution in [1.29, 1.82) is 0 Å². The molecule has 1 aromatic carbocycles. The van der Waals surface area contributed by atoms with Crippen LogP contribution in [-0.2, 0) is 21.2 Å². The fourth-order valence-corrected chi connectivity index (χ4v) is 2.82. The minimum Gasteiger partial charge on any atom is -0.495 e. The van der Waals surface area contributed by atoms with Gasteiger partial charge in [0.1, 0.15) is 10.6 Å². The van der Waals surface area contributed by atoms with Gasteiger partial charge in [-0.2, -0.15) is 0 Å². The molecule has 21 heavy (non-hydrogen) atoms. The molecule has 7 heteroatoms. The van der Waals surface area contributed by atoms with Crippen LogP contribution in [0.25, 0.3) is 0 Å². The Morgan fingerprint density at radius 3 is 2.48 bits per heavy atom. The van der Waals surface area contributed by atoms with E-state index in [1.165, 1.54) is 19.2 Å². The molecule has 0 aliphatic carbocycles. The lowest BCUT2D eigenvalue weighted by atomic mass is 10.1. The zero-order valence-electron chi connectivity index (χ0n) is 12.6. The van der Waals surface area contributed by atoms with Crippen LogP contribution in [-0.4, -0.2) is 39.4 Å². The lowest BCUT2D eigenvalue weighted by molar-refractivity contribution is -0.130. The fourth-order valence-electron chi connectivity index (χ4n) is 2.07. The summed E-state index contributed by atoms with van der Waals surface area (Å²) in [4.78, 5) is 13.8. The summed E-state index contributed by atoms with van der Waals surface area (Å²) in [5.74, 6) is 0.138. The van der Waals surface area contributed by atoms with E-state index in [0.717, 1.165) is 6.42 Å². The Kier molecular flexibility index (Phi) is 6.17. The molecule has 0 aromatic heterocycles. The van der Waals surface area contributed by atoms with Crippen molar-refractivity contribution in [3.8, 4) is 5.75 Å². The van der Waals surface area contributed by atoms with Gasteiger partial charge in [0.2, 0.25) is 15.9 Å². The number of hydrogen-bond donors (Lipinski definition) is 1. The summed E-state index contributed by atoms with van der Waals surface area (Å²) in [6, 6.07) is 4.58. The number of carbonyl (C=O) groups excluding carboxylic acids is 1. The summed E-state index contributed by atoms with van der Waals surface area (Å²) in [7, 11) is -2.52. The highest BCUT2D eigenvalue weighted by atomic mass is 32.2. The van der Waals surface area contributed by atoms with E-state index < -0.39 is 10.0 Å². The van der Waals surface area contributed by atoms with Crippen LogP contribution in [0.2, 0.25) is 0 Å². The van der Waals surface area contributed by atoms with Crippen LogP contribution < -0.4 is 9.88 Å². The zero-order chi connectivity index (χ0) is 16.0. The first-order valence-electron chi connectivity index (χ1n) is 6.81. The van der Waals surface area contributed by atoms with Crippen LogP contribution in [0.4, 0.5) is 0 Å². The molecular weight excluding hydrogens is 292 g/mol. The van der Waals surface area contributed by atoms with E-state index in [-0.39, 0.29) is 23.0 Å². The van der Waals surface area contributed by atoms with Crippen LogP contribution in [0.15, 0.2) is 23.1 Å². The number of rotatable bonds is 7. The first-order chi connectivity index (χ1) is 9.83. The van der Waals surface area contributed by atoms with Crippen LogP contribution in [0.5, 0.6) is 5.75 Å². The van der Waals surface area contributed by atoms with Gasteiger partial charge < -0.3 is 9.64 Å². The van der Waals surface area contributed by atoms with Crippen molar-refractivity contribution in [3.63, 3.8) is 0 Å². The lowest BCUT2D eigenvalue weighted by Crippen LogP contribution is -2.32. The summed E-state index contributed by atoms with van der Waals surface area (Å²) in [5.41, 5.74) is 0.597. The van der Waals surface area contributed by atoms with Gasteiger partial charge in [0.25, 0.3) is 0 Å². The molecule has 0 fully saturated rings. The number of likely N-dealkylation sites (N-methyl/N-ethyl adjacent to an activating group) is 1. The van der Waals surface area contributed by atoms with Gasteiger partial charge in [0, 0.05) is 13.1 Å². The highest BCUT2D eigenvalue weighted by Gasteiger charge is 2.18. The van der Waals surface area contributed by atoms with E-state index in [0.29, 0.717) is 18.7 Å². The number of ether oxygens (including phenoxy) is 1. The normalized spacial score (nSPS) is 11.2. The first-order valence-corrected chi connectivity index (χ1v) is 8.35. The zero-order valence-corrected chi connectivity index (χ0v) is 13.4. The summed E-state index contributed by atoms with van der Waals surface area (Å²) in [6.07, 6.45) is 1.02. The summed E-state index contributed by atoms with van der Waals surface area (Å²) >= 11 is 0. The molecule has 6 nitrogen and oxygen atoms in total. The summed E-state index contributed by atoms with van der Waals surface area (Å²) in [6.45, 7) is 5.23. The summed E-state index contributed by atoms with van der Waals surface area (Å²) < 4.78 is 28.1. The second-order valence-electron chi connectivity index (χ2n) is 4.68. The average Bonchev–Trinajstić information content (AvgIpc) is 2.43. The molecule has 118 valence electrons. The molecule has 0 atom stereocenters. The number of sulfonamides is 1. The van der Waals surface area contributed by atoms with Crippen molar-refractivity contribution in [1.82, 2.24) is 4.90 Å². The standard InChI is InChI=1S/C14H22N2O4S/c1-4-8-16(5-2)14(17)10-11-6-7-12(20-3)13(9-11)21(15,18)19/h6-7,9H,4-5,8,10H2,1-3H3,(H2,15,18,19). The molecule has 1 aromatic rings. The molecule has 1 amide bonds. The predicted octanol–water partition coefficient (Wildman–Crippen LogP) is 1.14. The second kappa shape index (κ2) is 7.42. The van der Waals surface area contributed by atoms with Crippen molar-refractivity contribution >= 4 is 15.9 Å². The van der Waals surface area contributed by atoms with Crippen molar-refractivity contribution < 1.29 is 17.9 Å². The number of methoxy groups -OCH3 is 1. The molecular formula is C14H22N2O4S. The topological polar surface area (TPSA) is 89.7 Å². The molecule has 0 bridgehead atoms. The molecule has 0 aliphatic heterocycles. The lowest BCUT2D eigenvalue weighted by Gasteiger charge is -2.20. The van der Waals surface area contributed by atoms with Gasteiger partial charge in [0.05, 0.1) is 13.5 Å². The smallest absolute Gasteiger partial charge is 0.241 e. The highest BCUT2D eigenvalue weighted by molar-refractivity contribution is 7.89. The number of amides is 1. The van der Waals surface area contributed by atoms with E-state index in [9.17, 15) is 13.2 Å². The Labute approximate surface area is 125 Å². The van der Waals surface area contributed by atoms with Gasteiger partial charge in [-0.05, 0) is 31.0 Å². The number of nitrogens with two attached hydrogens (primary N) is 1. The third-order valence-electron chi connectivity index (χ3n) is 3.12. The Morgan fingerprint density at radius 1 is 1.33 bits per heavy atom. The quantitative estimate of drug-likeness (QED) is 0.817. The minimum absolute atomic E-state index is 0.0371. The Balaban J connectivity index is 3.03. The van der Waals surface area contributed by atoms with Gasteiger partial charge in [-0.1, -0.05) is 13.0 Å². The molecule has 0 spiro atoms. The predicted molar refractivity (Wildman–Crippen MR) is 80.6 cm³/mol. The van der Waals surface area contributed by atoms with Crippen molar-refractivity contribution in [3.05, 3.63) is 23.8 Å². The van der Waals surface area contributed by atoms with Gasteiger partial charge in [0.15, 0.2) is 0 Å². The molecule has 0 unspecified atom stereocenters. The number of primary sulfonamides is 1. The van der Waals surface area contributed by atoms with Gasteiger partial charge in [-0.15, -0.1) is 0 Å². The number of benzene rings is 1. The monoisotopic (exact) mass is 314 g/mol. The third-order valence-corrected chi connectivity index (χ3v) is 4.05. The molecule has 0 saturated heterocycles. The van der Waals surface area contributed by atoms with Crippen molar-refractivity contribution in [2.75, 3.05) is 20.2 Å². The maximum absolute atomic E-state index is 12.2. The number of nitrogens with zero attached hydrogens (tertiary/aromatic N) is 1. The van der Waals surface area contributed by atoms with Crippen LogP contribution in [0.3, 0.4) is 0 Å². The Hall–Kier alpha value is -1.60. The van der Waals surface area contributed by atoms with Crippen molar-refractivity contribution in [2.24, 2.45) is 5.14 Å². The van der Waals surface area contributed by atoms with Gasteiger partial charge in [-0.25, -0.2) is 13.6 Å². The average molecular weight is 314 g/mol. The van der Waals surface area contributed by atoms with Crippen LogP contribution in [0, 0.1) is 0 Å². The molecule has 0 saturated carbocycles. The second-order valence-corrected chi connectivity index (χ2v) is 6.21. The molecule has 0 aliphatic rings. The molecule has 0 heterocycles. The van der Waals surface area contributed by atoms with E-state index in [1.54, 1.807) is 11.0 Å². The molecule has 1 rings (SSSR count). The maximum Gasteiger partial charge on any atom is 0.241 e. The maximum atomic E-state index is 12.2. The molecule has 2 N–H and O–H groups in total. The Bertz CT molecular complexity index is 599. The van der Waals surface area contributed by atoms with E-state index in [4.69, 9.17) is 9.88 Å². The third kappa shape index (κ3) is 4.71. The Morgan fingerprint density at radius 2 is 2.00 bits per heavy atom. The van der Waals surface area contributed by atoms with E-state index in [1.807, 2.05) is 13.8 Å². The van der Waals surface area contributed by atoms with Crippen LogP contribution >= 0.6 is 0 Å². The number of hydrogen-bond acceptors (Lipinski definition) is 4. The number of carbonyl (C=O) groups is 1. The van der Waals surface area contributed by atoms with Gasteiger partial charge in [-0.3, -0.25) is 4.79 Å². The first kappa shape index (κ1) is 17.5. The fraction of sp³-hybridized carbons (Fsp3) is 0.500. The van der Waals surface area contributed by atoms with E-state index >= 15 is 0 Å². The largest absolute Gasteiger partial charge is 0.495 e. The SMILES string of the molecule is CCCN(CC)C(=O)Cc1ccc(OC)c(S(N)(=O)=O)c1. The van der Waals surface area contributed by atoms with Crippen molar-refractivity contribution in [2.45, 2.75) is 31.6 Å². The van der Waals surface area contributed by atoms with E-state index in [2.05, 4.69) is 0 Å².